The summed E-state index contributed by atoms with van der Waals surface area (Å²) in [4.78, 5) is 26.5. The summed E-state index contributed by atoms with van der Waals surface area (Å²) in [7, 11) is 0. The van der Waals surface area contributed by atoms with E-state index >= 15 is 0 Å². The molecular weight excluding hydrogens is 314 g/mol. The van der Waals surface area contributed by atoms with Gasteiger partial charge < -0.3 is 16.0 Å². The lowest BCUT2D eigenvalue weighted by Crippen LogP contribution is -2.52. The van der Waals surface area contributed by atoms with Crippen LogP contribution >= 0.6 is 12.4 Å². The number of nitrogens with one attached hydrogen (secondary N) is 1. The number of fused-ring (bicyclic) bond motifs is 2. The monoisotopic (exact) mass is 343 g/mol. The van der Waals surface area contributed by atoms with Crippen molar-refractivity contribution in [3.63, 3.8) is 0 Å². The number of likely N-dealkylation sites (tertiary alicyclic amines) is 1. The van der Waals surface area contributed by atoms with Crippen molar-refractivity contribution in [2.24, 2.45) is 29.4 Å². The molecule has 0 aromatic rings. The second kappa shape index (κ2) is 7.39. The molecule has 5 nitrogen and oxygen atoms in total. The summed E-state index contributed by atoms with van der Waals surface area (Å²) in [6, 6.07) is 0.289. The Balaban J connectivity index is 0.00000192. The molecule has 132 valence electrons. The summed E-state index contributed by atoms with van der Waals surface area (Å²) in [6.45, 7) is 5.32. The van der Waals surface area contributed by atoms with Gasteiger partial charge in [0, 0.05) is 31.1 Å². The van der Waals surface area contributed by atoms with Gasteiger partial charge in [-0.1, -0.05) is 13.8 Å². The summed E-state index contributed by atoms with van der Waals surface area (Å²) in [5.41, 5.74) is 6.29. The smallest absolute Gasteiger partial charge is 0.227 e. The second-order valence-electron chi connectivity index (χ2n) is 7.70. The largest absolute Gasteiger partial charge is 0.353 e. The maximum absolute atomic E-state index is 12.8. The summed E-state index contributed by atoms with van der Waals surface area (Å²) >= 11 is 0. The van der Waals surface area contributed by atoms with Crippen LogP contribution in [0.15, 0.2) is 0 Å². The molecule has 2 aliphatic carbocycles. The zero-order valence-corrected chi connectivity index (χ0v) is 15.0. The summed E-state index contributed by atoms with van der Waals surface area (Å²) in [6.07, 6.45) is 5.26. The van der Waals surface area contributed by atoms with Gasteiger partial charge in [0.05, 0.1) is 5.92 Å². The fraction of sp³-hybridized carbons (Fsp3) is 0.882. The Hall–Kier alpha value is -0.810. The molecule has 1 saturated heterocycles. The third-order valence-corrected chi connectivity index (χ3v) is 5.94. The zero-order valence-electron chi connectivity index (χ0n) is 14.2. The SMILES string of the molecule is CC(C)C(=O)NC1CCN(C(=O)C2C3CCC(C3)C2N)CC1.Cl. The Morgan fingerprint density at radius 1 is 1.09 bits per heavy atom. The van der Waals surface area contributed by atoms with Crippen molar-refractivity contribution in [2.75, 3.05) is 13.1 Å². The highest BCUT2D eigenvalue weighted by atomic mass is 35.5. The first-order valence-corrected chi connectivity index (χ1v) is 8.82. The molecule has 0 aromatic heterocycles. The van der Waals surface area contributed by atoms with Crippen LogP contribution in [0.3, 0.4) is 0 Å². The highest BCUT2D eigenvalue weighted by Gasteiger charge is 2.50. The molecule has 1 heterocycles. The lowest BCUT2D eigenvalue weighted by Gasteiger charge is -2.37. The first-order valence-electron chi connectivity index (χ1n) is 8.82. The van der Waals surface area contributed by atoms with Gasteiger partial charge in [0.25, 0.3) is 0 Å². The topological polar surface area (TPSA) is 75.4 Å². The molecule has 2 saturated carbocycles. The van der Waals surface area contributed by atoms with E-state index in [0.717, 1.165) is 32.4 Å². The molecule has 0 aromatic carbocycles. The second-order valence-corrected chi connectivity index (χ2v) is 7.70. The molecule has 1 aliphatic heterocycles. The minimum absolute atomic E-state index is 0. The molecule has 2 bridgehead atoms. The predicted molar refractivity (Wildman–Crippen MR) is 92.1 cm³/mol. The first-order chi connectivity index (χ1) is 10.5. The third kappa shape index (κ3) is 3.66. The van der Waals surface area contributed by atoms with E-state index in [2.05, 4.69) is 5.32 Å². The average Bonchev–Trinajstić information content (AvgIpc) is 3.08. The van der Waals surface area contributed by atoms with Gasteiger partial charge in [-0.25, -0.2) is 0 Å². The maximum atomic E-state index is 12.8. The number of hydrogen-bond donors (Lipinski definition) is 2. The van der Waals surface area contributed by atoms with E-state index in [1.165, 1.54) is 12.8 Å². The van der Waals surface area contributed by atoms with Gasteiger partial charge in [-0.05, 0) is 43.9 Å². The number of piperidine rings is 1. The fourth-order valence-electron chi connectivity index (χ4n) is 4.53. The summed E-state index contributed by atoms with van der Waals surface area (Å²) in [5, 5.41) is 3.08. The molecule has 3 N–H and O–H groups in total. The minimum atomic E-state index is 0. The standard InChI is InChI=1S/C17H29N3O2.ClH/c1-10(2)16(21)19-13-5-7-20(8-6-13)17(22)14-11-3-4-12(9-11)15(14)18;/h10-15H,3-9,18H2,1-2H3,(H,19,21);1H. The van der Waals surface area contributed by atoms with Crippen molar-refractivity contribution in [1.82, 2.24) is 10.2 Å². The van der Waals surface area contributed by atoms with E-state index in [1.54, 1.807) is 0 Å². The molecule has 6 heteroatoms. The van der Waals surface area contributed by atoms with E-state index in [0.29, 0.717) is 11.8 Å². The average molecular weight is 344 g/mol. The molecule has 0 spiro atoms. The van der Waals surface area contributed by atoms with E-state index < -0.39 is 0 Å². The van der Waals surface area contributed by atoms with Crippen molar-refractivity contribution in [3.8, 4) is 0 Å². The molecule has 4 unspecified atom stereocenters. The van der Waals surface area contributed by atoms with Crippen LogP contribution in [0.5, 0.6) is 0 Å². The van der Waals surface area contributed by atoms with E-state index in [4.69, 9.17) is 5.73 Å². The number of carbonyl (C=O) groups is 2. The first kappa shape index (κ1) is 18.5. The van der Waals surface area contributed by atoms with Gasteiger partial charge in [-0.15, -0.1) is 12.4 Å². The molecule has 3 rings (SSSR count). The van der Waals surface area contributed by atoms with Crippen LogP contribution in [0.1, 0.15) is 46.0 Å². The van der Waals surface area contributed by atoms with Gasteiger partial charge in [-0.3, -0.25) is 9.59 Å². The van der Waals surface area contributed by atoms with Crippen molar-refractivity contribution in [3.05, 3.63) is 0 Å². The number of nitrogens with two attached hydrogens (primary N) is 1. The molecular formula is C17H30ClN3O2. The molecule has 23 heavy (non-hydrogen) atoms. The molecule has 3 fully saturated rings. The fourth-order valence-corrected chi connectivity index (χ4v) is 4.53. The summed E-state index contributed by atoms with van der Waals surface area (Å²) in [5.74, 6) is 1.55. The molecule has 3 aliphatic rings. The third-order valence-electron chi connectivity index (χ3n) is 5.94. The van der Waals surface area contributed by atoms with Gasteiger partial charge in [-0.2, -0.15) is 0 Å². The number of rotatable bonds is 3. The van der Waals surface area contributed by atoms with Crippen LogP contribution in [0.25, 0.3) is 0 Å². The number of carbonyl (C=O) groups excluding carboxylic acids is 2. The molecule has 2 amide bonds. The Labute approximate surface area is 145 Å². The van der Waals surface area contributed by atoms with E-state index in [9.17, 15) is 9.59 Å². The Morgan fingerprint density at radius 3 is 2.22 bits per heavy atom. The highest BCUT2D eigenvalue weighted by molar-refractivity contribution is 5.85. The normalized spacial score (nSPS) is 33.7. The van der Waals surface area contributed by atoms with Crippen LogP contribution in [-0.4, -0.2) is 41.9 Å². The van der Waals surface area contributed by atoms with Crippen LogP contribution < -0.4 is 11.1 Å². The van der Waals surface area contributed by atoms with E-state index in [-0.39, 0.29) is 48.1 Å². The van der Waals surface area contributed by atoms with Gasteiger partial charge in [0.1, 0.15) is 0 Å². The van der Waals surface area contributed by atoms with Crippen molar-refractivity contribution in [1.29, 1.82) is 0 Å². The molecule has 0 radical (unpaired) electrons. The Bertz CT molecular complexity index is 447. The van der Waals surface area contributed by atoms with Crippen molar-refractivity contribution < 1.29 is 9.59 Å². The maximum Gasteiger partial charge on any atom is 0.227 e. The van der Waals surface area contributed by atoms with Gasteiger partial charge in [0.15, 0.2) is 0 Å². The number of nitrogens with zero attached hydrogens (tertiary/aromatic N) is 1. The quantitative estimate of drug-likeness (QED) is 0.816. The number of halogens is 1. The Morgan fingerprint density at radius 2 is 1.70 bits per heavy atom. The minimum Gasteiger partial charge on any atom is -0.353 e. The van der Waals surface area contributed by atoms with Crippen LogP contribution in [0.2, 0.25) is 0 Å². The summed E-state index contributed by atoms with van der Waals surface area (Å²) < 4.78 is 0. The zero-order chi connectivity index (χ0) is 15.9. The number of hydrogen-bond acceptors (Lipinski definition) is 3. The van der Waals surface area contributed by atoms with Crippen molar-refractivity contribution >= 4 is 24.2 Å². The lowest BCUT2D eigenvalue weighted by molar-refractivity contribution is -0.139. The predicted octanol–water partition coefficient (Wildman–Crippen LogP) is 1.54. The van der Waals surface area contributed by atoms with Crippen molar-refractivity contribution in [2.45, 2.75) is 58.0 Å². The van der Waals surface area contributed by atoms with Crippen LogP contribution in [-0.2, 0) is 9.59 Å². The van der Waals surface area contributed by atoms with Gasteiger partial charge >= 0.3 is 0 Å². The highest BCUT2D eigenvalue weighted by Crippen LogP contribution is 2.48. The number of amides is 2. The lowest BCUT2D eigenvalue weighted by atomic mass is 9.83. The Kier molecular flexibility index (Phi) is 5.95. The van der Waals surface area contributed by atoms with Gasteiger partial charge in [0.2, 0.25) is 11.8 Å². The van der Waals surface area contributed by atoms with Crippen LogP contribution in [0.4, 0.5) is 0 Å². The van der Waals surface area contributed by atoms with Crippen LogP contribution in [0, 0.1) is 23.7 Å². The molecule has 4 atom stereocenters. The van der Waals surface area contributed by atoms with E-state index in [1.807, 2.05) is 18.7 Å².